The van der Waals surface area contributed by atoms with Gasteiger partial charge >= 0.3 is 5.97 Å². The van der Waals surface area contributed by atoms with Crippen LogP contribution in [0.1, 0.15) is 5.56 Å². The van der Waals surface area contributed by atoms with E-state index in [2.05, 4.69) is 48.5 Å². The number of carbonyl (C=O) groups is 1. The fourth-order valence-electron chi connectivity index (χ4n) is 2.87. The maximum atomic E-state index is 10.5. The highest BCUT2D eigenvalue weighted by atomic mass is 32.2. The molecule has 3 aromatic carbocycles. The van der Waals surface area contributed by atoms with Gasteiger partial charge < -0.3 is 14.3 Å². The first-order chi connectivity index (χ1) is 14.2. The highest BCUT2D eigenvalue weighted by Gasteiger charge is 2.11. The van der Waals surface area contributed by atoms with Crippen molar-refractivity contribution in [2.45, 2.75) is 5.75 Å². The lowest BCUT2D eigenvalue weighted by Gasteiger charge is -2.03. The number of benzene rings is 3. The van der Waals surface area contributed by atoms with Crippen LogP contribution in [0.15, 0.2) is 89.5 Å². The second kappa shape index (κ2) is 10.4. The third-order valence-corrected chi connectivity index (χ3v) is 4.78. The highest BCUT2D eigenvalue weighted by Crippen LogP contribution is 2.31. The number of carboxylic acid groups (broad SMARTS) is 1. The average Bonchev–Trinajstić information content (AvgIpc) is 3.18. The van der Waals surface area contributed by atoms with Gasteiger partial charge in [-0.2, -0.15) is 11.8 Å². The van der Waals surface area contributed by atoms with Crippen LogP contribution in [-0.4, -0.2) is 23.9 Å². The molecule has 0 atom stereocenters. The first-order valence-corrected chi connectivity index (χ1v) is 10.5. The number of fused-ring (bicyclic) bond motifs is 1. The monoisotopic (exact) mass is 406 g/mol. The topological polar surface area (TPSA) is 59.7 Å². The van der Waals surface area contributed by atoms with Crippen LogP contribution in [0.4, 0.5) is 0 Å². The van der Waals surface area contributed by atoms with Crippen LogP contribution in [0.2, 0.25) is 0 Å². The van der Waals surface area contributed by atoms with Crippen molar-refractivity contribution in [2.24, 2.45) is 0 Å². The lowest BCUT2D eigenvalue weighted by Crippen LogP contribution is -2.09. The number of aliphatic carboxylic acids is 1. The quantitative estimate of drug-likeness (QED) is 0.418. The molecule has 0 spiro atoms. The van der Waals surface area contributed by atoms with Crippen molar-refractivity contribution in [1.29, 1.82) is 0 Å². The number of furan rings is 1. The number of carboxylic acids is 1. The molecule has 29 heavy (non-hydrogen) atoms. The molecule has 148 valence electrons. The van der Waals surface area contributed by atoms with Crippen LogP contribution < -0.4 is 4.74 Å². The smallest absolute Gasteiger partial charge is 0.341 e. The van der Waals surface area contributed by atoms with Crippen LogP contribution in [-0.2, 0) is 10.5 Å². The van der Waals surface area contributed by atoms with Gasteiger partial charge in [-0.15, -0.1) is 0 Å². The number of hydrogen-bond donors (Lipinski definition) is 1. The van der Waals surface area contributed by atoms with E-state index in [4.69, 9.17) is 14.3 Å². The minimum absolute atomic E-state index is 0.363. The van der Waals surface area contributed by atoms with Gasteiger partial charge in [0.1, 0.15) is 0 Å². The van der Waals surface area contributed by atoms with Crippen molar-refractivity contribution in [3.63, 3.8) is 0 Å². The maximum Gasteiger partial charge on any atom is 0.341 e. The largest absolute Gasteiger partial charge is 0.479 e. The standard InChI is InChI=1S/C12H12O4S.C12H10/c1-17-7-8-5-16-12-9(8)3-2-4-10(12)15-6-11(13)14;1-3-7-11(8-4-1)12-9-5-2-6-10-12/h2-5H,6-7H2,1H3,(H,13,14);1-10H. The first kappa shape index (κ1) is 20.6. The van der Waals surface area contributed by atoms with Crippen LogP contribution >= 0.6 is 11.8 Å². The Morgan fingerprint density at radius 2 is 1.55 bits per heavy atom. The van der Waals surface area contributed by atoms with E-state index in [1.54, 1.807) is 24.1 Å². The van der Waals surface area contributed by atoms with Gasteiger partial charge in [-0.3, -0.25) is 0 Å². The summed E-state index contributed by atoms with van der Waals surface area (Å²) in [7, 11) is 0. The summed E-state index contributed by atoms with van der Waals surface area (Å²) in [5, 5.41) is 9.55. The summed E-state index contributed by atoms with van der Waals surface area (Å²) in [5.41, 5.74) is 4.25. The molecule has 4 aromatic rings. The van der Waals surface area contributed by atoms with E-state index in [1.807, 2.05) is 30.5 Å². The van der Waals surface area contributed by atoms with Crippen molar-refractivity contribution >= 4 is 28.7 Å². The zero-order valence-corrected chi connectivity index (χ0v) is 16.9. The second-order valence-corrected chi connectivity index (χ2v) is 7.11. The molecule has 1 N–H and O–H groups in total. The Kier molecular flexibility index (Phi) is 7.36. The molecule has 1 aromatic heterocycles. The SMILES string of the molecule is CSCc1coc2c(OCC(=O)O)cccc12.c1ccc(-c2ccccc2)cc1. The molecule has 0 amide bonds. The number of ether oxygens (including phenoxy) is 1. The fraction of sp³-hybridized carbons (Fsp3) is 0.125. The predicted octanol–water partition coefficient (Wildman–Crippen LogP) is 6.11. The van der Waals surface area contributed by atoms with Gasteiger partial charge in [0.2, 0.25) is 0 Å². The lowest BCUT2D eigenvalue weighted by molar-refractivity contribution is -0.139. The molecule has 0 aliphatic rings. The Morgan fingerprint density at radius 1 is 0.931 bits per heavy atom. The molecule has 0 saturated carbocycles. The van der Waals surface area contributed by atoms with Gasteiger partial charge in [-0.05, 0) is 23.4 Å². The number of para-hydroxylation sites is 1. The summed E-state index contributed by atoms with van der Waals surface area (Å²) in [6, 6.07) is 26.3. The first-order valence-electron chi connectivity index (χ1n) is 9.12. The van der Waals surface area contributed by atoms with E-state index in [0.29, 0.717) is 11.3 Å². The maximum absolute atomic E-state index is 10.5. The van der Waals surface area contributed by atoms with E-state index >= 15 is 0 Å². The third kappa shape index (κ3) is 5.65. The number of rotatable bonds is 6. The Hall–Kier alpha value is -3.18. The van der Waals surface area contributed by atoms with Gasteiger partial charge in [0.25, 0.3) is 0 Å². The minimum atomic E-state index is -1.00. The van der Waals surface area contributed by atoms with E-state index in [-0.39, 0.29) is 6.61 Å². The van der Waals surface area contributed by atoms with Gasteiger partial charge in [-0.1, -0.05) is 72.8 Å². The average molecular weight is 407 g/mol. The van der Waals surface area contributed by atoms with E-state index in [9.17, 15) is 4.79 Å². The van der Waals surface area contributed by atoms with Crippen LogP contribution in [0.3, 0.4) is 0 Å². The molecule has 4 rings (SSSR count). The van der Waals surface area contributed by atoms with E-state index < -0.39 is 5.97 Å². The van der Waals surface area contributed by atoms with Crippen LogP contribution in [0, 0.1) is 0 Å². The Balaban J connectivity index is 0.000000176. The molecule has 0 aliphatic carbocycles. The normalized spacial score (nSPS) is 10.2. The Bertz CT molecular complexity index is 1000. The zero-order valence-electron chi connectivity index (χ0n) is 16.1. The summed E-state index contributed by atoms with van der Waals surface area (Å²) in [5.74, 6) is 0.324. The van der Waals surface area contributed by atoms with Gasteiger partial charge in [-0.25, -0.2) is 4.79 Å². The van der Waals surface area contributed by atoms with E-state index in [0.717, 1.165) is 16.7 Å². The molecular weight excluding hydrogens is 384 g/mol. The van der Waals surface area contributed by atoms with Gasteiger partial charge in [0.15, 0.2) is 17.9 Å². The van der Waals surface area contributed by atoms with Crippen molar-refractivity contribution in [1.82, 2.24) is 0 Å². The molecule has 0 saturated heterocycles. The van der Waals surface area contributed by atoms with Gasteiger partial charge in [0.05, 0.1) is 6.26 Å². The van der Waals surface area contributed by atoms with E-state index in [1.165, 1.54) is 11.1 Å². The van der Waals surface area contributed by atoms with Crippen LogP contribution in [0.25, 0.3) is 22.1 Å². The molecule has 0 radical (unpaired) electrons. The highest BCUT2D eigenvalue weighted by molar-refractivity contribution is 7.97. The summed E-state index contributed by atoms with van der Waals surface area (Å²) in [6.45, 7) is -0.363. The van der Waals surface area contributed by atoms with Crippen LogP contribution in [0.5, 0.6) is 5.75 Å². The van der Waals surface area contributed by atoms with Crippen molar-refractivity contribution < 1.29 is 19.1 Å². The molecule has 0 bridgehead atoms. The Labute approximate surface area is 174 Å². The molecule has 1 heterocycles. The zero-order chi connectivity index (χ0) is 20.5. The Morgan fingerprint density at radius 3 is 2.10 bits per heavy atom. The molecule has 4 nitrogen and oxygen atoms in total. The summed E-state index contributed by atoms with van der Waals surface area (Å²) < 4.78 is 10.6. The predicted molar refractivity (Wildman–Crippen MR) is 118 cm³/mol. The number of thioether (sulfide) groups is 1. The fourth-order valence-corrected chi connectivity index (χ4v) is 3.40. The minimum Gasteiger partial charge on any atom is -0.479 e. The molecule has 0 fully saturated rings. The number of hydrogen-bond acceptors (Lipinski definition) is 4. The summed E-state index contributed by atoms with van der Waals surface area (Å²) >= 11 is 1.70. The second-order valence-electron chi connectivity index (χ2n) is 6.24. The summed E-state index contributed by atoms with van der Waals surface area (Å²) in [6.07, 6.45) is 3.71. The molecular formula is C24H22O4S. The lowest BCUT2D eigenvalue weighted by atomic mass is 10.1. The van der Waals surface area contributed by atoms with Gasteiger partial charge in [0, 0.05) is 16.7 Å². The summed E-state index contributed by atoms with van der Waals surface area (Å²) in [4.78, 5) is 10.5. The van der Waals surface area contributed by atoms with Crippen molar-refractivity contribution in [3.05, 3.63) is 90.7 Å². The molecule has 0 aliphatic heterocycles. The van der Waals surface area contributed by atoms with Crippen molar-refractivity contribution in [3.8, 4) is 16.9 Å². The van der Waals surface area contributed by atoms with Crippen molar-refractivity contribution in [2.75, 3.05) is 12.9 Å². The molecule has 0 unspecified atom stereocenters. The third-order valence-electron chi connectivity index (χ3n) is 4.18. The molecule has 5 heteroatoms.